The summed E-state index contributed by atoms with van der Waals surface area (Å²) in [5.74, 6) is 2.74. The van der Waals surface area contributed by atoms with Crippen LogP contribution in [0.5, 0.6) is 0 Å². The van der Waals surface area contributed by atoms with E-state index < -0.39 is 0 Å². The Morgan fingerprint density at radius 3 is 1.25 bits per heavy atom. The van der Waals surface area contributed by atoms with Gasteiger partial charge in [-0.3, -0.25) is 0 Å². The van der Waals surface area contributed by atoms with E-state index in [4.69, 9.17) is 10.3 Å². The number of hydrogen-bond acceptors (Lipinski definition) is 1. The van der Waals surface area contributed by atoms with Gasteiger partial charge in [0.15, 0.2) is 0 Å². The van der Waals surface area contributed by atoms with E-state index in [2.05, 4.69) is 188 Å². The number of rotatable bonds is 11. The molecular formula is C50H72N6Zr-. The predicted octanol–water partition coefficient (Wildman–Crippen LogP) is 15.0. The summed E-state index contributed by atoms with van der Waals surface area (Å²) >= 11 is 0. The van der Waals surface area contributed by atoms with Crippen molar-refractivity contribution in [1.29, 1.82) is 0 Å². The van der Waals surface area contributed by atoms with Gasteiger partial charge in [0.1, 0.15) is 0 Å². The average molecular weight is 848 g/mol. The molecule has 0 aliphatic heterocycles. The van der Waals surface area contributed by atoms with Gasteiger partial charge in [-0.2, -0.15) is 42.3 Å². The van der Waals surface area contributed by atoms with Crippen molar-refractivity contribution in [2.75, 3.05) is 42.3 Å². The maximum Gasteiger partial charge on any atom is 3.00 e. The Morgan fingerprint density at radius 2 is 0.877 bits per heavy atom. The van der Waals surface area contributed by atoms with Crippen molar-refractivity contribution in [2.45, 2.75) is 105 Å². The van der Waals surface area contributed by atoms with Gasteiger partial charge in [0.25, 0.3) is 0 Å². The van der Waals surface area contributed by atoms with Crippen molar-refractivity contribution in [3.05, 3.63) is 151 Å². The van der Waals surface area contributed by atoms with Crippen LogP contribution in [0.4, 0.5) is 5.69 Å². The molecule has 6 nitrogen and oxygen atoms in total. The number of nitrogens with zero attached hydrogens (tertiary/aromatic N) is 6. The van der Waals surface area contributed by atoms with E-state index in [1.165, 1.54) is 33.4 Å². The van der Waals surface area contributed by atoms with E-state index in [1.807, 2.05) is 0 Å². The second-order valence-corrected chi connectivity index (χ2v) is 16.0. The number of benzene rings is 4. The first-order chi connectivity index (χ1) is 26.6. The summed E-state index contributed by atoms with van der Waals surface area (Å²) in [6.45, 7) is 23.1. The van der Waals surface area contributed by atoms with Crippen LogP contribution >= 0.6 is 0 Å². The molecule has 1 unspecified atom stereocenters. The molecular weight excluding hydrogens is 776 g/mol. The van der Waals surface area contributed by atoms with E-state index in [0.29, 0.717) is 29.6 Å². The summed E-state index contributed by atoms with van der Waals surface area (Å²) in [5.41, 5.74) is 13.5. The van der Waals surface area contributed by atoms with Crippen molar-refractivity contribution in [1.82, 2.24) is 9.55 Å². The topological polar surface area (TPSA) is 74.2 Å². The summed E-state index contributed by atoms with van der Waals surface area (Å²) < 4.78 is 2.32. The van der Waals surface area contributed by atoms with Gasteiger partial charge in [-0.05, 0) is 57.9 Å². The number of para-hydroxylation sites is 1. The van der Waals surface area contributed by atoms with E-state index >= 15 is 0 Å². The van der Waals surface area contributed by atoms with E-state index in [0.717, 1.165) is 34.0 Å². The van der Waals surface area contributed by atoms with Gasteiger partial charge in [-0.1, -0.05) is 171 Å². The molecule has 0 aliphatic carbocycles. The largest absolute Gasteiger partial charge is 3.00 e. The minimum absolute atomic E-state index is 0. The fraction of sp³-hybridized carbons (Fsp3) is 0.460. The number of imidazole rings is 1. The van der Waals surface area contributed by atoms with Gasteiger partial charge in [-0.25, -0.2) is 4.98 Å². The molecule has 1 heterocycles. The molecule has 7 heteroatoms. The first-order valence-corrected chi connectivity index (χ1v) is 20.3. The predicted molar refractivity (Wildman–Crippen MR) is 248 cm³/mol. The second kappa shape index (κ2) is 25.9. The molecule has 5 rings (SSSR count). The Morgan fingerprint density at radius 1 is 0.491 bits per heavy atom. The summed E-state index contributed by atoms with van der Waals surface area (Å²) in [7, 11) is 12.7. The third-order valence-electron chi connectivity index (χ3n) is 9.52. The van der Waals surface area contributed by atoms with Crippen LogP contribution in [-0.4, -0.2) is 51.8 Å². The van der Waals surface area contributed by atoms with E-state index in [1.54, 1.807) is 42.3 Å². The summed E-state index contributed by atoms with van der Waals surface area (Å²) in [4.78, 5) is 5.61. The molecule has 0 N–H and O–H groups in total. The van der Waals surface area contributed by atoms with Crippen LogP contribution in [0.2, 0.25) is 0 Å². The Labute approximate surface area is 367 Å². The average Bonchev–Trinajstić information content (AvgIpc) is 3.51. The minimum Gasteiger partial charge on any atom is -0.671 e. The van der Waals surface area contributed by atoms with Crippen LogP contribution < -0.4 is 0 Å². The van der Waals surface area contributed by atoms with Gasteiger partial charge in [0, 0.05) is 18.2 Å². The molecule has 0 amide bonds. The molecule has 57 heavy (non-hydrogen) atoms. The van der Waals surface area contributed by atoms with Crippen molar-refractivity contribution < 1.29 is 26.2 Å². The minimum atomic E-state index is -0.298. The van der Waals surface area contributed by atoms with Crippen LogP contribution in [0.3, 0.4) is 0 Å². The van der Waals surface area contributed by atoms with Crippen molar-refractivity contribution in [2.24, 2.45) is 7.05 Å². The Kier molecular flexibility index (Phi) is 23.5. The molecule has 4 aromatic carbocycles. The quantitative estimate of drug-likeness (QED) is 0.130. The fourth-order valence-electron chi connectivity index (χ4n) is 6.85. The molecule has 0 saturated heterocycles. The van der Waals surface area contributed by atoms with Crippen LogP contribution in [0.15, 0.2) is 91.0 Å². The third-order valence-corrected chi connectivity index (χ3v) is 9.52. The van der Waals surface area contributed by atoms with Crippen LogP contribution in [0.25, 0.3) is 43.8 Å². The first kappa shape index (κ1) is 51.7. The van der Waals surface area contributed by atoms with Gasteiger partial charge < -0.3 is 25.8 Å². The molecule has 1 atom stereocenters. The Balaban J connectivity index is 0.00000149. The SMILES string of the molecule is CC(C)c1cc(C(C)C)c(C([N-]c2c(C(C)C)cccc2C(C)C)c2nc(-c3ccccc3)c(-c3ccccc3)n2C)c(C(C)C)c1.C[N-]C.C[N-]C.C[N-]C.[Zr+3]. The van der Waals surface area contributed by atoms with Crippen molar-refractivity contribution >= 4 is 5.69 Å². The standard InChI is InChI=1S/C44H54N3.3C2H6N.Zr/c1-27(2)34-25-37(30(7)8)39(38(26-34)31(9)10)42(45-41-35(28(3)4)23-18-24-36(41)29(5)6)44-46-40(32-19-14-12-15-20-32)43(47(44)11)33-21-16-13-17-22-33;3*1-3-2;/h12-31,42H,1-11H3;3*1-2H3;/q4*-1;+3. The second-order valence-electron chi connectivity index (χ2n) is 16.0. The molecule has 1 aromatic heterocycles. The maximum atomic E-state index is 5.92. The molecule has 0 fully saturated rings. The van der Waals surface area contributed by atoms with Crippen LogP contribution in [-0.2, 0) is 33.3 Å². The molecule has 307 valence electrons. The summed E-state index contributed by atoms with van der Waals surface area (Å²) in [6.07, 6.45) is 0. The van der Waals surface area contributed by atoms with Gasteiger partial charge >= 0.3 is 26.2 Å². The van der Waals surface area contributed by atoms with E-state index in [9.17, 15) is 0 Å². The smallest absolute Gasteiger partial charge is 0.671 e. The zero-order valence-electron chi connectivity index (χ0n) is 38.3. The Hall–Kier alpha value is -3.35. The fourth-order valence-corrected chi connectivity index (χ4v) is 6.85. The van der Waals surface area contributed by atoms with Crippen LogP contribution in [0, 0.1) is 0 Å². The zero-order valence-corrected chi connectivity index (χ0v) is 40.8. The van der Waals surface area contributed by atoms with Gasteiger partial charge in [0.2, 0.25) is 0 Å². The van der Waals surface area contributed by atoms with Crippen molar-refractivity contribution in [3.63, 3.8) is 0 Å². The third kappa shape index (κ3) is 13.9. The number of hydrogen-bond donors (Lipinski definition) is 0. The molecule has 5 aromatic rings. The summed E-state index contributed by atoms with van der Waals surface area (Å²) in [6, 6.07) is 32.7. The zero-order chi connectivity index (χ0) is 42.1. The molecule has 0 spiro atoms. The Bertz CT molecular complexity index is 1800. The first-order valence-electron chi connectivity index (χ1n) is 20.3. The molecule has 0 bridgehead atoms. The van der Waals surface area contributed by atoms with Gasteiger partial charge in [0.05, 0.1) is 17.2 Å². The monoisotopic (exact) mass is 846 g/mol. The molecule has 1 radical (unpaired) electrons. The molecule has 0 saturated carbocycles. The van der Waals surface area contributed by atoms with Gasteiger partial charge in [-0.15, -0.1) is 5.69 Å². The normalized spacial score (nSPS) is 11.3. The molecule has 0 aliphatic rings. The summed E-state index contributed by atoms with van der Waals surface area (Å²) in [5, 5.41) is 16.4. The van der Waals surface area contributed by atoms with Crippen molar-refractivity contribution in [3.8, 4) is 22.5 Å². The maximum absolute atomic E-state index is 5.92. The number of aromatic nitrogens is 2. The van der Waals surface area contributed by atoms with E-state index in [-0.39, 0.29) is 32.2 Å². The van der Waals surface area contributed by atoms with Crippen LogP contribution in [0.1, 0.15) is 144 Å².